The van der Waals surface area contributed by atoms with Gasteiger partial charge in [-0.1, -0.05) is 0 Å². The first-order chi connectivity index (χ1) is 15.1. The van der Waals surface area contributed by atoms with Crippen LogP contribution in [-0.2, 0) is 16.0 Å². The molecule has 32 heavy (non-hydrogen) atoms. The van der Waals surface area contributed by atoms with Crippen LogP contribution >= 0.6 is 12.2 Å². The van der Waals surface area contributed by atoms with E-state index in [2.05, 4.69) is 4.98 Å². The number of fused-ring (bicyclic) bond motifs is 1. The van der Waals surface area contributed by atoms with Gasteiger partial charge in [-0.25, -0.2) is 4.79 Å². The fraction of sp³-hybridized carbons (Fsp3) is 0.545. The molecule has 3 rings (SSSR count). The van der Waals surface area contributed by atoms with Crippen molar-refractivity contribution in [3.05, 3.63) is 38.9 Å². The molecule has 0 unspecified atom stereocenters. The molecule has 10 heteroatoms. The molecule has 1 N–H and O–H groups in total. The number of piperazine rings is 1. The lowest BCUT2D eigenvalue weighted by Gasteiger charge is -2.35. The van der Waals surface area contributed by atoms with Crippen molar-refractivity contribution in [3.8, 4) is 0 Å². The molecular formula is C22H30N4O5S. The first-order valence-electron chi connectivity index (χ1n) is 10.6. The molecule has 1 aliphatic heterocycles. The fourth-order valence-electron chi connectivity index (χ4n) is 3.56. The molecule has 2 aromatic rings. The number of carbonyl (C=O) groups is 2. The van der Waals surface area contributed by atoms with Gasteiger partial charge in [0.15, 0.2) is 4.77 Å². The topological polar surface area (TPSA) is 96.9 Å². The van der Waals surface area contributed by atoms with E-state index >= 15 is 0 Å². The van der Waals surface area contributed by atoms with Crippen molar-refractivity contribution in [3.63, 3.8) is 0 Å². The van der Waals surface area contributed by atoms with Gasteiger partial charge in [0.2, 0.25) is 0 Å². The van der Waals surface area contributed by atoms with Gasteiger partial charge in [0.05, 0.1) is 10.9 Å². The second-order valence-electron chi connectivity index (χ2n) is 8.75. The molecule has 0 bridgehead atoms. The number of hydrogen-bond donors (Lipinski definition) is 1. The minimum Gasteiger partial charge on any atom is -0.444 e. The maximum absolute atomic E-state index is 13.0. The molecular weight excluding hydrogens is 432 g/mol. The third kappa shape index (κ3) is 5.55. The Morgan fingerprint density at radius 2 is 1.78 bits per heavy atom. The quantitative estimate of drug-likeness (QED) is 0.542. The van der Waals surface area contributed by atoms with E-state index in [1.807, 2.05) is 20.8 Å². The summed E-state index contributed by atoms with van der Waals surface area (Å²) >= 11 is 5.35. The highest BCUT2D eigenvalue weighted by atomic mass is 32.1. The summed E-state index contributed by atoms with van der Waals surface area (Å²) in [5.74, 6) is -0.153. The van der Waals surface area contributed by atoms with E-state index in [1.165, 1.54) is 4.57 Å². The molecule has 1 saturated heterocycles. The summed E-state index contributed by atoms with van der Waals surface area (Å²) in [5, 5.41) is 0.474. The van der Waals surface area contributed by atoms with E-state index in [-0.39, 0.29) is 17.6 Å². The summed E-state index contributed by atoms with van der Waals surface area (Å²) in [5.41, 5.74) is 0.244. The Kier molecular flexibility index (Phi) is 7.35. The Morgan fingerprint density at radius 3 is 2.41 bits per heavy atom. The number of ether oxygens (including phenoxy) is 2. The number of H-pyrrole nitrogens is 1. The minimum absolute atomic E-state index is 0.153. The van der Waals surface area contributed by atoms with Gasteiger partial charge in [0, 0.05) is 52.0 Å². The van der Waals surface area contributed by atoms with Crippen molar-refractivity contribution in [2.45, 2.75) is 39.3 Å². The molecule has 1 aliphatic rings. The van der Waals surface area contributed by atoms with E-state index in [0.29, 0.717) is 67.0 Å². The van der Waals surface area contributed by atoms with E-state index in [4.69, 9.17) is 21.7 Å². The maximum Gasteiger partial charge on any atom is 0.410 e. The van der Waals surface area contributed by atoms with E-state index in [9.17, 15) is 14.4 Å². The van der Waals surface area contributed by atoms with Crippen molar-refractivity contribution in [2.75, 3.05) is 39.9 Å². The van der Waals surface area contributed by atoms with Crippen LogP contribution in [0.5, 0.6) is 0 Å². The Hall–Kier alpha value is -2.72. The third-order valence-electron chi connectivity index (χ3n) is 5.18. The molecule has 0 atom stereocenters. The van der Waals surface area contributed by atoms with Gasteiger partial charge in [-0.3, -0.25) is 14.2 Å². The first-order valence-corrected chi connectivity index (χ1v) is 11.0. The van der Waals surface area contributed by atoms with Crippen LogP contribution in [0.4, 0.5) is 4.79 Å². The van der Waals surface area contributed by atoms with Crippen molar-refractivity contribution < 1.29 is 19.1 Å². The summed E-state index contributed by atoms with van der Waals surface area (Å²) in [7, 11) is 1.61. The Morgan fingerprint density at radius 1 is 1.12 bits per heavy atom. The smallest absolute Gasteiger partial charge is 0.410 e. The zero-order valence-corrected chi connectivity index (χ0v) is 19.8. The number of nitrogens with one attached hydrogen (secondary N) is 1. The molecule has 174 valence electrons. The van der Waals surface area contributed by atoms with Crippen LogP contribution in [0.15, 0.2) is 23.0 Å². The maximum atomic E-state index is 13.0. The Bertz CT molecular complexity index is 1110. The van der Waals surface area contributed by atoms with Crippen LogP contribution < -0.4 is 5.56 Å². The molecule has 9 nitrogen and oxygen atoms in total. The molecule has 0 aliphatic carbocycles. The van der Waals surface area contributed by atoms with Gasteiger partial charge in [-0.15, -0.1) is 0 Å². The zero-order valence-electron chi connectivity index (χ0n) is 19.0. The van der Waals surface area contributed by atoms with E-state index in [0.717, 1.165) is 0 Å². The van der Waals surface area contributed by atoms with Crippen LogP contribution in [-0.4, -0.2) is 76.8 Å². The molecule has 0 saturated carbocycles. The van der Waals surface area contributed by atoms with Gasteiger partial charge < -0.3 is 24.3 Å². The second-order valence-corrected chi connectivity index (χ2v) is 9.14. The van der Waals surface area contributed by atoms with Gasteiger partial charge in [-0.2, -0.15) is 0 Å². The number of rotatable bonds is 5. The lowest BCUT2D eigenvalue weighted by Crippen LogP contribution is -2.51. The van der Waals surface area contributed by atoms with Gasteiger partial charge in [0.1, 0.15) is 5.60 Å². The van der Waals surface area contributed by atoms with Crippen molar-refractivity contribution in [1.29, 1.82) is 0 Å². The zero-order chi connectivity index (χ0) is 23.5. The number of amides is 2. The fourth-order valence-corrected chi connectivity index (χ4v) is 3.84. The summed E-state index contributed by atoms with van der Waals surface area (Å²) in [6.07, 6.45) is 0.301. The number of aromatic amines is 1. The lowest BCUT2D eigenvalue weighted by molar-refractivity contribution is 0.0141. The Labute approximate surface area is 191 Å². The highest BCUT2D eigenvalue weighted by Crippen LogP contribution is 2.16. The van der Waals surface area contributed by atoms with Crippen molar-refractivity contribution >= 4 is 35.1 Å². The van der Waals surface area contributed by atoms with E-state index < -0.39 is 5.60 Å². The lowest BCUT2D eigenvalue weighted by atomic mass is 10.1. The molecule has 0 spiro atoms. The van der Waals surface area contributed by atoms with Crippen LogP contribution in [0.2, 0.25) is 0 Å². The molecule has 1 aromatic carbocycles. The predicted molar refractivity (Wildman–Crippen MR) is 124 cm³/mol. The van der Waals surface area contributed by atoms with Gasteiger partial charge in [0.25, 0.3) is 11.5 Å². The molecule has 1 aromatic heterocycles. The van der Waals surface area contributed by atoms with Crippen molar-refractivity contribution in [1.82, 2.24) is 19.4 Å². The first kappa shape index (κ1) is 23.9. The summed E-state index contributed by atoms with van der Waals surface area (Å²) in [6.45, 7) is 8.10. The average Bonchev–Trinajstić information content (AvgIpc) is 2.74. The summed E-state index contributed by atoms with van der Waals surface area (Å²) in [4.78, 5) is 44.4. The number of carbonyl (C=O) groups excluding carboxylic acids is 2. The average molecular weight is 463 g/mol. The SMILES string of the molecule is COCCCn1c(=S)[nH]c2cc(C(=O)N3CCN(C(=O)OC(C)(C)C)CC3)ccc2c1=O. The number of aromatic nitrogens is 2. The van der Waals surface area contributed by atoms with Crippen molar-refractivity contribution in [2.24, 2.45) is 0 Å². The van der Waals surface area contributed by atoms with E-state index in [1.54, 1.807) is 35.1 Å². The number of methoxy groups -OCH3 is 1. The molecule has 2 heterocycles. The number of benzene rings is 1. The minimum atomic E-state index is -0.558. The van der Waals surface area contributed by atoms with Crippen LogP contribution in [0.3, 0.4) is 0 Å². The van der Waals surface area contributed by atoms with Crippen LogP contribution in [0, 0.1) is 4.77 Å². The normalized spacial score (nSPS) is 14.6. The Balaban J connectivity index is 1.72. The highest BCUT2D eigenvalue weighted by Gasteiger charge is 2.28. The van der Waals surface area contributed by atoms with Gasteiger partial charge >= 0.3 is 6.09 Å². The molecule has 2 amide bonds. The number of nitrogens with zero attached hydrogens (tertiary/aromatic N) is 3. The second kappa shape index (κ2) is 9.83. The third-order valence-corrected chi connectivity index (χ3v) is 5.50. The molecule has 1 fully saturated rings. The van der Waals surface area contributed by atoms with Crippen LogP contribution in [0.1, 0.15) is 37.6 Å². The molecule has 0 radical (unpaired) electrons. The standard InChI is InChI=1S/C22H30N4O5S/c1-22(2,3)31-21(29)25-11-9-24(10-12-25)18(27)15-6-7-16-17(14-15)23-20(32)26(19(16)28)8-5-13-30-4/h6-7,14H,5,8-13H2,1-4H3,(H,23,32). The highest BCUT2D eigenvalue weighted by molar-refractivity contribution is 7.71. The summed E-state index contributed by atoms with van der Waals surface area (Å²) in [6, 6.07) is 4.97. The summed E-state index contributed by atoms with van der Waals surface area (Å²) < 4.78 is 12.3. The largest absolute Gasteiger partial charge is 0.444 e. The van der Waals surface area contributed by atoms with Crippen LogP contribution in [0.25, 0.3) is 10.9 Å². The predicted octanol–water partition coefficient (Wildman–Crippen LogP) is 2.79. The van der Waals surface area contributed by atoms with Gasteiger partial charge in [-0.05, 0) is 57.6 Å². The number of hydrogen-bond acceptors (Lipinski definition) is 6. The monoisotopic (exact) mass is 462 g/mol.